The molecule has 1 aliphatic rings. The fourth-order valence-corrected chi connectivity index (χ4v) is 3.05. The topological polar surface area (TPSA) is 39.9 Å². The van der Waals surface area contributed by atoms with Gasteiger partial charge in [0.1, 0.15) is 10.4 Å². The molecule has 1 aliphatic heterocycles. The van der Waals surface area contributed by atoms with Crippen molar-refractivity contribution in [1.29, 1.82) is 0 Å². The maximum Gasteiger partial charge on any atom is 0.167 e. The van der Waals surface area contributed by atoms with Gasteiger partial charge < -0.3 is 4.74 Å². The molecule has 5 heteroatoms. The molecule has 2 aromatic heterocycles. The van der Waals surface area contributed by atoms with Gasteiger partial charge in [0.05, 0.1) is 17.5 Å². The highest BCUT2D eigenvalue weighted by Crippen LogP contribution is 2.39. The van der Waals surface area contributed by atoms with Gasteiger partial charge >= 0.3 is 0 Å². The van der Waals surface area contributed by atoms with Gasteiger partial charge in [0.15, 0.2) is 12.5 Å². The van der Waals surface area contributed by atoms with Crippen LogP contribution >= 0.6 is 15.9 Å². The molecule has 3 heterocycles. The minimum Gasteiger partial charge on any atom is -0.470 e. The second-order valence-corrected chi connectivity index (χ2v) is 5.27. The van der Waals surface area contributed by atoms with Gasteiger partial charge in [-0.25, -0.2) is 4.98 Å². The second kappa shape index (κ2) is 4.45. The van der Waals surface area contributed by atoms with E-state index in [2.05, 4.69) is 42.6 Å². The van der Waals surface area contributed by atoms with Crippen LogP contribution in [0.3, 0.4) is 0 Å². The second-order valence-electron chi connectivity index (χ2n) is 4.51. The van der Waals surface area contributed by atoms with Gasteiger partial charge in [0.25, 0.3) is 0 Å². The third-order valence-electron chi connectivity index (χ3n) is 3.35. The van der Waals surface area contributed by atoms with Crippen LogP contribution in [0.25, 0.3) is 22.6 Å². The lowest BCUT2D eigenvalue weighted by Gasteiger charge is -2.20. The highest BCUT2D eigenvalue weighted by atomic mass is 79.9. The number of nitrogens with zero attached hydrogens (tertiary/aromatic N) is 3. The van der Waals surface area contributed by atoms with Crippen molar-refractivity contribution in [1.82, 2.24) is 14.5 Å². The monoisotopic (exact) mass is 327 g/mol. The molecule has 3 aromatic rings. The zero-order valence-corrected chi connectivity index (χ0v) is 12.0. The van der Waals surface area contributed by atoms with Crippen molar-refractivity contribution in [3.63, 3.8) is 0 Å². The van der Waals surface area contributed by atoms with E-state index in [1.54, 1.807) is 12.4 Å². The molecule has 0 radical (unpaired) electrons. The summed E-state index contributed by atoms with van der Waals surface area (Å²) in [7, 11) is 0. The lowest BCUT2D eigenvalue weighted by Crippen LogP contribution is -2.14. The maximum absolute atomic E-state index is 5.77. The lowest BCUT2D eigenvalue weighted by atomic mass is 10.1. The number of halogens is 1. The van der Waals surface area contributed by atoms with E-state index in [1.165, 1.54) is 0 Å². The number of hydrogen-bond donors (Lipinski definition) is 0. The first-order valence-electron chi connectivity index (χ1n) is 6.23. The van der Waals surface area contributed by atoms with Gasteiger partial charge in [-0.3, -0.25) is 9.55 Å². The zero-order valence-electron chi connectivity index (χ0n) is 10.5. The number of ether oxygens (including phenoxy) is 1. The van der Waals surface area contributed by atoms with E-state index in [4.69, 9.17) is 4.74 Å². The number of imidazole rings is 1. The van der Waals surface area contributed by atoms with Crippen molar-refractivity contribution < 1.29 is 4.74 Å². The molecule has 20 heavy (non-hydrogen) atoms. The first kappa shape index (κ1) is 11.7. The molecule has 0 saturated heterocycles. The minimum atomic E-state index is 0.441. The molecule has 0 N–H and O–H groups in total. The van der Waals surface area contributed by atoms with Crippen LogP contribution in [0.15, 0.2) is 53.4 Å². The Hall–Kier alpha value is -2.14. The average Bonchev–Trinajstić information content (AvgIpc) is 2.84. The van der Waals surface area contributed by atoms with E-state index in [-0.39, 0.29) is 0 Å². The van der Waals surface area contributed by atoms with Crippen molar-refractivity contribution in [3.05, 3.63) is 53.4 Å². The summed E-state index contributed by atoms with van der Waals surface area (Å²) >= 11 is 3.56. The molecule has 0 atom stereocenters. The zero-order chi connectivity index (χ0) is 13.5. The SMILES string of the molecule is Brc1nc2n(c1-c1ccccc1)COc1cnccc1-2. The molecular formula is C15H10BrN3O. The summed E-state index contributed by atoms with van der Waals surface area (Å²) in [6.07, 6.45) is 3.48. The largest absolute Gasteiger partial charge is 0.470 e. The van der Waals surface area contributed by atoms with E-state index in [1.807, 2.05) is 24.3 Å². The predicted molar refractivity (Wildman–Crippen MR) is 79.2 cm³/mol. The Kier molecular flexibility index (Phi) is 2.60. The average molecular weight is 328 g/mol. The fourth-order valence-electron chi connectivity index (χ4n) is 2.44. The third-order valence-corrected chi connectivity index (χ3v) is 3.90. The van der Waals surface area contributed by atoms with Crippen molar-refractivity contribution >= 4 is 15.9 Å². The molecule has 4 nitrogen and oxygen atoms in total. The number of aromatic nitrogens is 3. The van der Waals surface area contributed by atoms with Crippen molar-refractivity contribution in [2.75, 3.05) is 0 Å². The van der Waals surface area contributed by atoms with Gasteiger partial charge in [-0.05, 0) is 22.0 Å². The molecule has 4 rings (SSSR count). The Morgan fingerprint density at radius 2 is 2.00 bits per heavy atom. The summed E-state index contributed by atoms with van der Waals surface area (Å²) < 4.78 is 8.66. The summed E-state index contributed by atoms with van der Waals surface area (Å²) in [4.78, 5) is 8.73. The van der Waals surface area contributed by atoms with Gasteiger partial charge in [-0.15, -0.1) is 0 Å². The van der Waals surface area contributed by atoms with E-state index in [0.29, 0.717) is 6.73 Å². The van der Waals surface area contributed by atoms with Crippen LogP contribution in [0.2, 0.25) is 0 Å². The van der Waals surface area contributed by atoms with Crippen LogP contribution in [0.5, 0.6) is 5.75 Å². The smallest absolute Gasteiger partial charge is 0.167 e. The summed E-state index contributed by atoms with van der Waals surface area (Å²) in [6, 6.07) is 12.1. The summed E-state index contributed by atoms with van der Waals surface area (Å²) in [6.45, 7) is 0.441. The van der Waals surface area contributed by atoms with Crippen LogP contribution in [-0.4, -0.2) is 14.5 Å². The Bertz CT molecular complexity index is 783. The number of pyridine rings is 1. The van der Waals surface area contributed by atoms with Crippen LogP contribution < -0.4 is 4.74 Å². The van der Waals surface area contributed by atoms with Crippen molar-refractivity contribution in [3.8, 4) is 28.4 Å². The summed E-state index contributed by atoms with van der Waals surface area (Å²) in [5.74, 6) is 1.68. The molecule has 98 valence electrons. The molecule has 0 saturated carbocycles. The van der Waals surface area contributed by atoms with Gasteiger partial charge in [0, 0.05) is 11.8 Å². The highest BCUT2D eigenvalue weighted by Gasteiger charge is 2.24. The minimum absolute atomic E-state index is 0.441. The van der Waals surface area contributed by atoms with Crippen molar-refractivity contribution in [2.24, 2.45) is 0 Å². The van der Waals surface area contributed by atoms with Gasteiger partial charge in [-0.1, -0.05) is 30.3 Å². The number of rotatable bonds is 1. The molecule has 0 spiro atoms. The van der Waals surface area contributed by atoms with E-state index < -0.39 is 0 Å². The Balaban J connectivity index is 1.97. The highest BCUT2D eigenvalue weighted by molar-refractivity contribution is 9.10. The van der Waals surface area contributed by atoms with Crippen LogP contribution in [-0.2, 0) is 6.73 Å². The van der Waals surface area contributed by atoms with E-state index in [0.717, 1.165) is 33.0 Å². The van der Waals surface area contributed by atoms with Crippen LogP contribution in [0, 0.1) is 0 Å². The molecule has 0 fully saturated rings. The maximum atomic E-state index is 5.77. The van der Waals surface area contributed by atoms with Crippen molar-refractivity contribution in [2.45, 2.75) is 6.73 Å². The van der Waals surface area contributed by atoms with Gasteiger partial charge in [0.2, 0.25) is 0 Å². The number of hydrogen-bond acceptors (Lipinski definition) is 3. The quantitative estimate of drug-likeness (QED) is 0.683. The first-order chi connectivity index (χ1) is 9.84. The number of benzene rings is 1. The number of fused-ring (bicyclic) bond motifs is 3. The Morgan fingerprint density at radius 1 is 1.15 bits per heavy atom. The summed E-state index contributed by atoms with van der Waals surface area (Å²) in [5.41, 5.74) is 3.11. The molecule has 0 unspecified atom stereocenters. The van der Waals surface area contributed by atoms with Gasteiger partial charge in [-0.2, -0.15) is 0 Å². The predicted octanol–water partition coefficient (Wildman–Crippen LogP) is 3.72. The molecule has 0 amide bonds. The first-order valence-corrected chi connectivity index (χ1v) is 7.02. The van der Waals surface area contributed by atoms with Crippen LogP contribution in [0.1, 0.15) is 0 Å². The Morgan fingerprint density at radius 3 is 2.85 bits per heavy atom. The van der Waals surface area contributed by atoms with Crippen LogP contribution in [0.4, 0.5) is 0 Å². The standard InChI is InChI=1S/C15H10BrN3O/c16-14-13(10-4-2-1-3-5-10)19-9-20-12-8-17-7-6-11(12)15(19)18-14/h1-8H,9H2. The van der Waals surface area contributed by atoms with E-state index >= 15 is 0 Å². The molecular weight excluding hydrogens is 318 g/mol. The molecule has 0 bridgehead atoms. The fraction of sp³-hybridized carbons (Fsp3) is 0.0667. The summed E-state index contributed by atoms with van der Waals surface area (Å²) in [5, 5.41) is 0. The lowest BCUT2D eigenvalue weighted by molar-refractivity contribution is 0.230. The molecule has 0 aliphatic carbocycles. The Labute approximate surface area is 124 Å². The third kappa shape index (κ3) is 1.67. The normalized spacial score (nSPS) is 12.4. The molecule has 1 aromatic carbocycles. The van der Waals surface area contributed by atoms with E-state index in [9.17, 15) is 0 Å².